The molecule has 0 atom stereocenters. The summed E-state index contributed by atoms with van der Waals surface area (Å²) in [5.41, 5.74) is 1.66. The predicted octanol–water partition coefficient (Wildman–Crippen LogP) is 4.08. The SMILES string of the molecule is CCCCn1c(CSc2nnc(-c3ccccc3)o2)nc2c1c(=O)[nH]c(=O)n2Cc1ccccc1. The third kappa shape index (κ3) is 4.83. The smallest absolute Gasteiger partial charge is 0.330 e. The molecule has 5 rings (SSSR count). The molecule has 0 fully saturated rings. The quantitative estimate of drug-likeness (QED) is 0.311. The molecule has 0 aliphatic carbocycles. The van der Waals surface area contributed by atoms with Crippen molar-refractivity contribution in [2.24, 2.45) is 0 Å². The van der Waals surface area contributed by atoms with Crippen LogP contribution in [0.15, 0.2) is 79.9 Å². The van der Waals surface area contributed by atoms with Crippen molar-refractivity contribution in [2.75, 3.05) is 0 Å². The van der Waals surface area contributed by atoms with E-state index in [1.54, 1.807) is 0 Å². The number of aryl methyl sites for hydroxylation is 1. The Morgan fingerprint density at radius 1 is 0.971 bits per heavy atom. The fourth-order valence-electron chi connectivity index (χ4n) is 3.89. The van der Waals surface area contributed by atoms with Gasteiger partial charge < -0.3 is 8.98 Å². The van der Waals surface area contributed by atoms with Crippen LogP contribution in [0.2, 0.25) is 0 Å². The fourth-order valence-corrected chi connectivity index (χ4v) is 4.60. The van der Waals surface area contributed by atoms with Crippen LogP contribution >= 0.6 is 11.8 Å². The van der Waals surface area contributed by atoms with Crippen molar-refractivity contribution >= 4 is 22.9 Å². The highest BCUT2D eigenvalue weighted by Gasteiger charge is 2.20. The van der Waals surface area contributed by atoms with Gasteiger partial charge in [-0.2, -0.15) is 0 Å². The van der Waals surface area contributed by atoms with Gasteiger partial charge in [-0.25, -0.2) is 9.78 Å². The van der Waals surface area contributed by atoms with Crippen LogP contribution in [0, 0.1) is 0 Å². The van der Waals surface area contributed by atoms with Gasteiger partial charge in [-0.05, 0) is 24.1 Å². The van der Waals surface area contributed by atoms with Crippen molar-refractivity contribution in [3.63, 3.8) is 0 Å². The molecule has 0 aliphatic heterocycles. The fraction of sp³-hybridized carbons (Fsp3) is 0.240. The molecule has 2 aromatic carbocycles. The van der Waals surface area contributed by atoms with E-state index in [1.165, 1.54) is 16.3 Å². The molecule has 0 saturated carbocycles. The van der Waals surface area contributed by atoms with Crippen LogP contribution in [0.4, 0.5) is 0 Å². The van der Waals surface area contributed by atoms with Crippen LogP contribution in [0.5, 0.6) is 0 Å². The van der Waals surface area contributed by atoms with E-state index in [2.05, 4.69) is 22.1 Å². The lowest BCUT2D eigenvalue weighted by Gasteiger charge is -2.08. The second-order valence-corrected chi connectivity index (χ2v) is 8.99. The first-order valence-electron chi connectivity index (χ1n) is 11.4. The van der Waals surface area contributed by atoms with Gasteiger partial charge in [0.05, 0.1) is 12.3 Å². The van der Waals surface area contributed by atoms with Crippen molar-refractivity contribution in [1.29, 1.82) is 0 Å². The van der Waals surface area contributed by atoms with Gasteiger partial charge in [0.1, 0.15) is 5.82 Å². The number of thioether (sulfide) groups is 1. The number of hydrogen-bond donors (Lipinski definition) is 1. The number of hydrogen-bond acceptors (Lipinski definition) is 7. The van der Waals surface area contributed by atoms with Gasteiger partial charge in [0, 0.05) is 12.1 Å². The molecule has 0 aliphatic rings. The van der Waals surface area contributed by atoms with Crippen molar-refractivity contribution in [2.45, 2.75) is 43.8 Å². The molecule has 0 unspecified atom stereocenters. The molecule has 0 amide bonds. The molecule has 0 bridgehead atoms. The Kier molecular flexibility index (Phi) is 6.62. The number of imidazole rings is 1. The number of nitrogens with zero attached hydrogens (tertiary/aromatic N) is 5. The Balaban J connectivity index is 1.50. The minimum atomic E-state index is -0.477. The average Bonchev–Trinajstić information content (AvgIpc) is 3.50. The summed E-state index contributed by atoms with van der Waals surface area (Å²) in [6.07, 6.45) is 1.83. The van der Waals surface area contributed by atoms with Gasteiger partial charge in [0.15, 0.2) is 11.2 Å². The predicted molar refractivity (Wildman–Crippen MR) is 134 cm³/mol. The highest BCUT2D eigenvalue weighted by Crippen LogP contribution is 2.26. The second-order valence-electron chi connectivity index (χ2n) is 8.06. The Bertz CT molecular complexity index is 1550. The molecule has 178 valence electrons. The van der Waals surface area contributed by atoms with Gasteiger partial charge in [-0.15, -0.1) is 10.2 Å². The Labute approximate surface area is 204 Å². The summed E-state index contributed by atoms with van der Waals surface area (Å²) in [5.74, 6) is 1.53. The number of unbranched alkanes of at least 4 members (excludes halogenated alkanes) is 1. The Hall–Kier alpha value is -3.92. The van der Waals surface area contributed by atoms with Gasteiger partial charge in [0.25, 0.3) is 10.8 Å². The lowest BCUT2D eigenvalue weighted by molar-refractivity contribution is 0.465. The summed E-state index contributed by atoms with van der Waals surface area (Å²) >= 11 is 1.35. The number of rotatable bonds is 9. The number of aromatic amines is 1. The van der Waals surface area contributed by atoms with Crippen LogP contribution in [0.25, 0.3) is 22.6 Å². The van der Waals surface area contributed by atoms with Gasteiger partial charge in [-0.3, -0.25) is 14.3 Å². The summed E-state index contributed by atoms with van der Waals surface area (Å²) in [7, 11) is 0. The second kappa shape index (κ2) is 10.1. The van der Waals surface area contributed by atoms with Gasteiger partial charge >= 0.3 is 5.69 Å². The van der Waals surface area contributed by atoms with E-state index in [9.17, 15) is 9.59 Å². The third-order valence-corrected chi connectivity index (χ3v) is 6.45. The molecule has 3 aromatic heterocycles. The topological polar surface area (TPSA) is 112 Å². The number of H-pyrrole nitrogens is 1. The molecule has 0 spiro atoms. The monoisotopic (exact) mass is 488 g/mol. The summed E-state index contributed by atoms with van der Waals surface area (Å²) in [4.78, 5) is 32.8. The molecule has 35 heavy (non-hydrogen) atoms. The van der Waals surface area contributed by atoms with Gasteiger partial charge in [0.2, 0.25) is 5.89 Å². The van der Waals surface area contributed by atoms with E-state index in [1.807, 2.05) is 65.2 Å². The zero-order valence-electron chi connectivity index (χ0n) is 19.2. The number of fused-ring (bicyclic) bond motifs is 1. The van der Waals surface area contributed by atoms with Crippen LogP contribution in [-0.2, 0) is 18.8 Å². The Morgan fingerprint density at radius 3 is 2.46 bits per heavy atom. The maximum Gasteiger partial charge on any atom is 0.330 e. The minimum Gasteiger partial charge on any atom is -0.411 e. The Morgan fingerprint density at radius 2 is 1.71 bits per heavy atom. The normalized spacial score (nSPS) is 11.3. The molecule has 9 nitrogen and oxygen atoms in total. The molecule has 5 aromatic rings. The molecule has 3 heterocycles. The molecule has 0 saturated heterocycles. The van der Waals surface area contributed by atoms with Gasteiger partial charge in [-0.1, -0.05) is 73.6 Å². The van der Waals surface area contributed by atoms with E-state index in [0.29, 0.717) is 46.9 Å². The molecule has 0 radical (unpaired) electrons. The zero-order valence-corrected chi connectivity index (χ0v) is 20.0. The first-order chi connectivity index (χ1) is 17.1. The third-order valence-electron chi connectivity index (χ3n) is 5.64. The van der Waals surface area contributed by atoms with Crippen molar-refractivity contribution in [3.05, 3.63) is 92.9 Å². The molecular weight excluding hydrogens is 464 g/mol. The van der Waals surface area contributed by atoms with E-state index < -0.39 is 11.2 Å². The highest BCUT2D eigenvalue weighted by molar-refractivity contribution is 7.98. The summed E-state index contributed by atoms with van der Waals surface area (Å²) < 4.78 is 9.23. The first kappa shape index (κ1) is 22.9. The van der Waals surface area contributed by atoms with Crippen molar-refractivity contribution in [3.8, 4) is 11.5 Å². The van der Waals surface area contributed by atoms with E-state index in [-0.39, 0.29) is 0 Å². The number of aromatic nitrogens is 6. The highest BCUT2D eigenvalue weighted by atomic mass is 32.2. The molecule has 1 N–H and O–H groups in total. The zero-order chi connectivity index (χ0) is 24.2. The minimum absolute atomic E-state index is 0.314. The van der Waals surface area contributed by atoms with E-state index in [4.69, 9.17) is 9.40 Å². The van der Waals surface area contributed by atoms with Crippen molar-refractivity contribution < 1.29 is 4.42 Å². The van der Waals surface area contributed by atoms with Crippen LogP contribution < -0.4 is 11.2 Å². The maximum atomic E-state index is 12.9. The molecule has 10 heteroatoms. The lowest BCUT2D eigenvalue weighted by Crippen LogP contribution is -2.31. The van der Waals surface area contributed by atoms with Crippen molar-refractivity contribution in [1.82, 2.24) is 29.3 Å². The first-order valence-corrected chi connectivity index (χ1v) is 12.4. The standard InChI is InChI=1S/C25H24N6O3S/c1-2-3-14-30-19(16-35-25-29-28-23(34-25)18-12-8-5-9-13-18)26-21-20(30)22(32)27-24(33)31(21)15-17-10-6-4-7-11-17/h4-13H,2-3,14-16H2,1H3,(H,27,32,33). The lowest BCUT2D eigenvalue weighted by atomic mass is 10.2. The molecular formula is C25H24N6O3S. The van der Waals surface area contributed by atoms with Crippen LogP contribution in [0.1, 0.15) is 31.2 Å². The van der Waals surface area contributed by atoms with Crippen LogP contribution in [-0.4, -0.2) is 29.3 Å². The van der Waals surface area contributed by atoms with Crippen LogP contribution in [0.3, 0.4) is 0 Å². The average molecular weight is 489 g/mol. The summed E-state index contributed by atoms with van der Waals surface area (Å²) in [6.45, 7) is 3.02. The number of benzene rings is 2. The largest absolute Gasteiger partial charge is 0.411 e. The van der Waals surface area contributed by atoms with E-state index >= 15 is 0 Å². The summed E-state index contributed by atoms with van der Waals surface area (Å²) in [5, 5.41) is 8.69. The number of nitrogens with one attached hydrogen (secondary N) is 1. The maximum absolute atomic E-state index is 12.9. The van der Waals surface area contributed by atoms with E-state index in [0.717, 1.165) is 24.0 Å². The summed E-state index contributed by atoms with van der Waals surface area (Å²) in [6, 6.07) is 19.2.